The van der Waals surface area contributed by atoms with Crippen LogP contribution in [0.25, 0.3) is 0 Å². The van der Waals surface area contributed by atoms with Crippen LogP contribution in [0.4, 0.5) is 0 Å². The third-order valence-corrected chi connectivity index (χ3v) is 1.37. The van der Waals surface area contributed by atoms with E-state index in [2.05, 4.69) is 11.9 Å². The molecule has 0 aromatic heterocycles. The number of carbonyl (C=O) groups is 1. The molecule has 1 amide bonds. The summed E-state index contributed by atoms with van der Waals surface area (Å²) in [5.74, 6) is -0.147. The smallest absolute Gasteiger partial charge is 0.246 e. The number of nitrogens with one attached hydrogen (secondary N) is 1. The molecule has 0 rings (SSSR count). The Bertz CT molecular complexity index is 168. The van der Waals surface area contributed by atoms with Crippen LogP contribution in [0, 0.1) is 0 Å². The van der Waals surface area contributed by atoms with Crippen LogP contribution in [0.1, 0.15) is 13.3 Å². The van der Waals surface area contributed by atoms with E-state index in [1.165, 1.54) is 0 Å². The Balaban J connectivity index is 3.16. The van der Waals surface area contributed by atoms with Gasteiger partial charge < -0.3 is 15.2 Å². The zero-order valence-electron chi connectivity index (χ0n) is 8.01. The highest BCUT2D eigenvalue weighted by molar-refractivity contribution is 5.91. The van der Waals surface area contributed by atoms with Gasteiger partial charge in [0.05, 0.1) is 6.61 Å². The fourth-order valence-corrected chi connectivity index (χ4v) is 0.656. The van der Waals surface area contributed by atoms with Crippen LogP contribution < -0.4 is 5.32 Å². The maximum atomic E-state index is 10.9. The summed E-state index contributed by atoms with van der Waals surface area (Å²) in [5.41, 5.74) is 0.496. The molecule has 0 saturated carbocycles. The minimum atomic E-state index is -0.147. The molecule has 0 aromatic carbocycles. The average molecular weight is 187 g/mol. The van der Waals surface area contributed by atoms with Crippen molar-refractivity contribution in [3.05, 3.63) is 12.2 Å². The third-order valence-electron chi connectivity index (χ3n) is 1.37. The molecule has 0 unspecified atom stereocenters. The number of hydrogen-bond donors (Lipinski definition) is 2. The summed E-state index contributed by atoms with van der Waals surface area (Å²) in [5, 5.41) is 11.1. The van der Waals surface area contributed by atoms with E-state index in [1.807, 2.05) is 0 Å². The highest BCUT2D eigenvalue weighted by atomic mass is 16.5. The number of carbonyl (C=O) groups excluding carboxylic acids is 1. The van der Waals surface area contributed by atoms with Crippen LogP contribution >= 0.6 is 0 Å². The van der Waals surface area contributed by atoms with Crippen molar-refractivity contribution in [3.8, 4) is 0 Å². The van der Waals surface area contributed by atoms with Gasteiger partial charge in [0, 0.05) is 25.3 Å². The molecule has 0 aromatic rings. The molecular formula is C9H17NO3. The Morgan fingerprint density at radius 3 is 2.77 bits per heavy atom. The lowest BCUT2D eigenvalue weighted by atomic mass is 10.3. The maximum Gasteiger partial charge on any atom is 0.246 e. The summed E-state index contributed by atoms with van der Waals surface area (Å²) in [6.45, 7) is 6.77. The van der Waals surface area contributed by atoms with Crippen LogP contribution in [-0.2, 0) is 9.53 Å². The van der Waals surface area contributed by atoms with Crippen LogP contribution in [0.3, 0.4) is 0 Å². The maximum absolute atomic E-state index is 10.9. The molecule has 4 nitrogen and oxygen atoms in total. The van der Waals surface area contributed by atoms with E-state index in [1.54, 1.807) is 6.92 Å². The Morgan fingerprint density at radius 1 is 1.54 bits per heavy atom. The predicted octanol–water partition coefficient (Wildman–Crippen LogP) is 0.0777. The van der Waals surface area contributed by atoms with Crippen LogP contribution in [-0.4, -0.2) is 37.4 Å². The second-order valence-electron chi connectivity index (χ2n) is 2.73. The molecule has 0 bridgehead atoms. The molecular weight excluding hydrogens is 170 g/mol. The standard InChI is InChI=1S/C9H17NO3/c1-8(2)9(12)10-4-7-13-6-3-5-11/h11H,1,3-7H2,2H3,(H,10,12). The summed E-state index contributed by atoms with van der Waals surface area (Å²) in [4.78, 5) is 10.9. The van der Waals surface area contributed by atoms with Gasteiger partial charge in [-0.3, -0.25) is 4.79 Å². The van der Waals surface area contributed by atoms with E-state index in [0.29, 0.717) is 31.8 Å². The van der Waals surface area contributed by atoms with Gasteiger partial charge >= 0.3 is 0 Å². The van der Waals surface area contributed by atoms with Gasteiger partial charge in [-0.2, -0.15) is 0 Å². The molecule has 2 N–H and O–H groups in total. The number of hydrogen-bond acceptors (Lipinski definition) is 3. The lowest BCUT2D eigenvalue weighted by molar-refractivity contribution is -0.117. The third kappa shape index (κ3) is 7.49. The van der Waals surface area contributed by atoms with Gasteiger partial charge in [0.25, 0.3) is 0 Å². The SMILES string of the molecule is C=C(C)C(=O)NCCOCCCO. The van der Waals surface area contributed by atoms with E-state index < -0.39 is 0 Å². The predicted molar refractivity (Wildman–Crippen MR) is 50.3 cm³/mol. The van der Waals surface area contributed by atoms with E-state index in [-0.39, 0.29) is 12.5 Å². The van der Waals surface area contributed by atoms with Gasteiger partial charge in [-0.05, 0) is 13.3 Å². The monoisotopic (exact) mass is 187 g/mol. The Labute approximate surface area is 78.6 Å². The van der Waals surface area contributed by atoms with Gasteiger partial charge in [0.2, 0.25) is 5.91 Å². The summed E-state index contributed by atoms with van der Waals surface area (Å²) < 4.78 is 5.10. The van der Waals surface area contributed by atoms with Crippen molar-refractivity contribution in [1.29, 1.82) is 0 Å². The summed E-state index contributed by atoms with van der Waals surface area (Å²) >= 11 is 0. The van der Waals surface area contributed by atoms with Gasteiger partial charge in [0.15, 0.2) is 0 Å². The first-order chi connectivity index (χ1) is 6.18. The number of amides is 1. The molecule has 0 aliphatic carbocycles. The van der Waals surface area contributed by atoms with Crippen molar-refractivity contribution in [2.75, 3.05) is 26.4 Å². The van der Waals surface area contributed by atoms with Crippen molar-refractivity contribution >= 4 is 5.91 Å². The van der Waals surface area contributed by atoms with Gasteiger partial charge in [0.1, 0.15) is 0 Å². The van der Waals surface area contributed by atoms with E-state index in [9.17, 15) is 4.79 Å². The molecule has 0 heterocycles. The van der Waals surface area contributed by atoms with Crippen molar-refractivity contribution in [2.24, 2.45) is 0 Å². The van der Waals surface area contributed by atoms with Crippen LogP contribution in [0.2, 0.25) is 0 Å². The Hall–Kier alpha value is -0.870. The lowest BCUT2D eigenvalue weighted by Gasteiger charge is -2.04. The van der Waals surface area contributed by atoms with Crippen molar-refractivity contribution < 1.29 is 14.6 Å². The largest absolute Gasteiger partial charge is 0.396 e. The summed E-state index contributed by atoms with van der Waals surface area (Å²) in [6, 6.07) is 0. The van der Waals surface area contributed by atoms with Gasteiger partial charge in [-0.1, -0.05) is 6.58 Å². The summed E-state index contributed by atoms with van der Waals surface area (Å²) in [6.07, 6.45) is 0.633. The number of aliphatic hydroxyl groups excluding tert-OH is 1. The van der Waals surface area contributed by atoms with E-state index in [0.717, 1.165) is 0 Å². The first-order valence-corrected chi connectivity index (χ1v) is 4.30. The van der Waals surface area contributed by atoms with Crippen molar-refractivity contribution in [2.45, 2.75) is 13.3 Å². The summed E-state index contributed by atoms with van der Waals surface area (Å²) in [7, 11) is 0. The average Bonchev–Trinajstić information content (AvgIpc) is 2.10. The fraction of sp³-hybridized carbons (Fsp3) is 0.667. The Morgan fingerprint density at radius 2 is 2.23 bits per heavy atom. The quantitative estimate of drug-likeness (QED) is 0.438. The van der Waals surface area contributed by atoms with Gasteiger partial charge in [-0.15, -0.1) is 0 Å². The van der Waals surface area contributed by atoms with E-state index >= 15 is 0 Å². The first-order valence-electron chi connectivity index (χ1n) is 4.30. The number of aliphatic hydroxyl groups is 1. The molecule has 0 saturated heterocycles. The molecule has 76 valence electrons. The molecule has 0 atom stereocenters. The highest BCUT2D eigenvalue weighted by Crippen LogP contribution is 1.85. The van der Waals surface area contributed by atoms with Gasteiger partial charge in [-0.25, -0.2) is 0 Å². The molecule has 0 fully saturated rings. The molecule has 0 aliphatic heterocycles. The normalized spacial score (nSPS) is 9.69. The Kier molecular flexibility index (Phi) is 7.24. The zero-order valence-corrected chi connectivity index (χ0v) is 8.01. The minimum Gasteiger partial charge on any atom is -0.396 e. The van der Waals surface area contributed by atoms with E-state index in [4.69, 9.17) is 9.84 Å². The number of ether oxygens (including phenoxy) is 1. The lowest BCUT2D eigenvalue weighted by Crippen LogP contribution is -2.27. The molecule has 0 spiro atoms. The van der Waals surface area contributed by atoms with Crippen molar-refractivity contribution in [3.63, 3.8) is 0 Å². The fourth-order valence-electron chi connectivity index (χ4n) is 0.656. The molecule has 4 heteroatoms. The molecule has 0 radical (unpaired) electrons. The molecule has 13 heavy (non-hydrogen) atoms. The second kappa shape index (κ2) is 7.76. The number of rotatable bonds is 7. The highest BCUT2D eigenvalue weighted by Gasteiger charge is 1.98. The minimum absolute atomic E-state index is 0.137. The molecule has 0 aliphatic rings. The topological polar surface area (TPSA) is 58.6 Å². The van der Waals surface area contributed by atoms with Crippen LogP contribution in [0.5, 0.6) is 0 Å². The zero-order chi connectivity index (χ0) is 10.1. The van der Waals surface area contributed by atoms with Crippen LogP contribution in [0.15, 0.2) is 12.2 Å². The first kappa shape index (κ1) is 12.1. The second-order valence-corrected chi connectivity index (χ2v) is 2.73. The van der Waals surface area contributed by atoms with Crippen molar-refractivity contribution in [1.82, 2.24) is 5.32 Å².